The number of halogens is 1. The molecule has 0 radical (unpaired) electrons. The zero-order chi connectivity index (χ0) is 26.2. The van der Waals surface area contributed by atoms with E-state index >= 15 is 0 Å². The maximum atomic E-state index is 11.1. The zero-order valence-electron chi connectivity index (χ0n) is 21.5. The lowest BCUT2D eigenvalue weighted by Gasteiger charge is -2.32. The van der Waals surface area contributed by atoms with Gasteiger partial charge in [0.15, 0.2) is 5.82 Å². The van der Waals surface area contributed by atoms with Crippen LogP contribution in [0.5, 0.6) is 5.75 Å². The van der Waals surface area contributed by atoms with E-state index in [4.69, 9.17) is 30.6 Å². The van der Waals surface area contributed by atoms with E-state index < -0.39 is 11.3 Å². The molecule has 4 rings (SSSR count). The number of hydrogen-bond acceptors (Lipinski definition) is 8. The van der Waals surface area contributed by atoms with Crippen molar-refractivity contribution >= 4 is 40.3 Å². The summed E-state index contributed by atoms with van der Waals surface area (Å²) in [4.78, 5) is 11.6. The third-order valence-corrected chi connectivity index (χ3v) is 7.95. The van der Waals surface area contributed by atoms with Crippen LogP contribution in [0.25, 0.3) is 0 Å². The molecule has 1 saturated carbocycles. The van der Waals surface area contributed by atoms with Gasteiger partial charge in [0, 0.05) is 39.3 Å². The predicted octanol–water partition coefficient (Wildman–Crippen LogP) is 3.63. The molecular weight excluding hydrogens is 516 g/mol. The number of ether oxygens (including phenoxy) is 2. The second kappa shape index (κ2) is 13.7. The topological polar surface area (TPSA) is 121 Å². The maximum Gasteiger partial charge on any atom is 0.231 e. The number of benzene rings is 1. The van der Waals surface area contributed by atoms with Crippen molar-refractivity contribution in [3.8, 4) is 5.75 Å². The lowest BCUT2D eigenvalue weighted by Crippen LogP contribution is -2.39. The maximum absolute atomic E-state index is 11.1. The van der Waals surface area contributed by atoms with Gasteiger partial charge < -0.3 is 25.0 Å². The average molecular weight is 553 g/mol. The van der Waals surface area contributed by atoms with E-state index in [1.807, 2.05) is 6.07 Å². The van der Waals surface area contributed by atoms with Gasteiger partial charge in [-0.1, -0.05) is 30.5 Å². The Hall–Kier alpha value is -2.02. The van der Waals surface area contributed by atoms with Gasteiger partial charge in [0.2, 0.25) is 17.2 Å². The van der Waals surface area contributed by atoms with Crippen molar-refractivity contribution in [1.82, 2.24) is 19.6 Å². The normalized spacial score (nSPS) is 21.1. The summed E-state index contributed by atoms with van der Waals surface area (Å²) in [5.41, 5.74) is 3.38. The Balaban J connectivity index is 1.54. The van der Waals surface area contributed by atoms with E-state index in [-0.39, 0.29) is 12.0 Å². The molecule has 0 spiro atoms. The molecule has 2 aliphatic rings. The number of anilines is 3. The minimum absolute atomic E-state index is 0.0886. The van der Waals surface area contributed by atoms with Crippen molar-refractivity contribution in [2.45, 2.75) is 44.6 Å². The fraction of sp³-hybridized carbons (Fsp3) is 0.600. The smallest absolute Gasteiger partial charge is 0.231 e. The summed E-state index contributed by atoms with van der Waals surface area (Å²) in [6, 6.07) is 4.22. The van der Waals surface area contributed by atoms with Gasteiger partial charge >= 0.3 is 0 Å². The molecule has 0 bridgehead atoms. The molecule has 1 aromatic heterocycles. The number of fused-ring (bicyclic) bond motifs is 1. The van der Waals surface area contributed by atoms with E-state index in [0.717, 1.165) is 76.2 Å². The quantitative estimate of drug-likeness (QED) is 0.310. The minimum atomic E-state index is -2.03. The number of nitrogens with one attached hydrogen (secondary N) is 3. The van der Waals surface area contributed by atoms with Gasteiger partial charge in [-0.2, -0.15) is 4.98 Å². The van der Waals surface area contributed by atoms with E-state index in [1.54, 1.807) is 20.4 Å². The van der Waals surface area contributed by atoms with Crippen LogP contribution in [-0.4, -0.2) is 76.7 Å². The Morgan fingerprint density at radius 2 is 2.03 bits per heavy atom. The molecular formula is C25H37ClN6O4S. The highest BCUT2D eigenvalue weighted by Gasteiger charge is 2.27. The predicted molar refractivity (Wildman–Crippen MR) is 147 cm³/mol. The van der Waals surface area contributed by atoms with Gasteiger partial charge in [0.1, 0.15) is 10.8 Å². The van der Waals surface area contributed by atoms with E-state index in [1.165, 1.54) is 11.1 Å². The second-order valence-electron chi connectivity index (χ2n) is 9.52. The molecule has 1 aliphatic heterocycles. The van der Waals surface area contributed by atoms with Gasteiger partial charge in [0.05, 0.1) is 25.6 Å². The van der Waals surface area contributed by atoms with Crippen LogP contribution in [0.15, 0.2) is 18.3 Å². The van der Waals surface area contributed by atoms with E-state index in [0.29, 0.717) is 23.3 Å². The van der Waals surface area contributed by atoms with Crippen LogP contribution in [0, 0.1) is 5.92 Å². The molecule has 12 heteroatoms. The van der Waals surface area contributed by atoms with Crippen molar-refractivity contribution in [3.63, 3.8) is 0 Å². The highest BCUT2D eigenvalue weighted by molar-refractivity contribution is 7.77. The first-order valence-corrected chi connectivity index (χ1v) is 14.3. The first kappa shape index (κ1) is 28.0. The van der Waals surface area contributed by atoms with Gasteiger partial charge in [-0.3, -0.25) is 4.55 Å². The van der Waals surface area contributed by atoms with Gasteiger partial charge in [-0.15, -0.1) is 0 Å². The van der Waals surface area contributed by atoms with Crippen LogP contribution in [0.3, 0.4) is 0 Å². The standard InChI is InChI=1S/C25H37ClN6O4S/c1-35-14-13-32-11-9-17-7-8-22(36-2)23(19(17)10-12-32)30-25-27-16-20(26)24(31-25)29-21-6-4-3-5-18(21)15-28-37(33)34/h7-8,16,18,21,28H,3-6,9-15H2,1-2H3,(H,33,34)(H2,27,29,30,31)/t18-,21-/m1/s1. The molecule has 0 amide bonds. The summed E-state index contributed by atoms with van der Waals surface area (Å²) in [6.45, 7) is 3.99. The summed E-state index contributed by atoms with van der Waals surface area (Å²) < 4.78 is 33.9. The molecule has 10 nitrogen and oxygen atoms in total. The molecule has 2 heterocycles. The van der Waals surface area contributed by atoms with Crippen molar-refractivity contribution in [3.05, 3.63) is 34.5 Å². The first-order chi connectivity index (χ1) is 18.0. The number of nitrogens with zero attached hydrogens (tertiary/aromatic N) is 3. The summed E-state index contributed by atoms with van der Waals surface area (Å²) >= 11 is 4.46. The average Bonchev–Trinajstić information content (AvgIpc) is 3.11. The lowest BCUT2D eigenvalue weighted by atomic mass is 9.84. The third-order valence-electron chi connectivity index (χ3n) is 7.26. The van der Waals surface area contributed by atoms with E-state index in [9.17, 15) is 4.21 Å². The first-order valence-electron chi connectivity index (χ1n) is 12.8. The fourth-order valence-electron chi connectivity index (χ4n) is 5.24. The lowest BCUT2D eigenvalue weighted by molar-refractivity contribution is 0.150. The summed E-state index contributed by atoms with van der Waals surface area (Å²) in [6.07, 6.45) is 7.49. The van der Waals surface area contributed by atoms with Crippen LogP contribution in [0.4, 0.5) is 17.5 Å². The molecule has 0 saturated heterocycles. The highest BCUT2D eigenvalue weighted by Crippen LogP contribution is 2.36. The number of rotatable bonds is 11. The second-order valence-corrected chi connectivity index (χ2v) is 10.7. The summed E-state index contributed by atoms with van der Waals surface area (Å²) in [5.74, 6) is 1.92. The Bertz CT molecular complexity index is 1080. The van der Waals surface area contributed by atoms with Gasteiger partial charge in [0.25, 0.3) is 0 Å². The molecule has 2 aromatic rings. The Morgan fingerprint density at radius 3 is 2.81 bits per heavy atom. The largest absolute Gasteiger partial charge is 0.495 e. The van der Waals surface area contributed by atoms with Crippen LogP contribution in [0.1, 0.15) is 36.8 Å². The van der Waals surface area contributed by atoms with Crippen molar-refractivity contribution in [2.75, 3.05) is 57.6 Å². The molecule has 1 fully saturated rings. The highest BCUT2D eigenvalue weighted by atomic mass is 35.5. The zero-order valence-corrected chi connectivity index (χ0v) is 23.0. The number of hydrogen-bond donors (Lipinski definition) is 4. The van der Waals surface area contributed by atoms with Crippen LogP contribution in [-0.2, 0) is 28.8 Å². The molecule has 3 atom stereocenters. The Morgan fingerprint density at radius 1 is 1.22 bits per heavy atom. The molecule has 204 valence electrons. The Labute approximate surface area is 226 Å². The van der Waals surface area contributed by atoms with Gasteiger partial charge in [-0.05, 0) is 48.8 Å². The molecule has 1 unspecified atom stereocenters. The van der Waals surface area contributed by atoms with Crippen LogP contribution in [0.2, 0.25) is 5.02 Å². The van der Waals surface area contributed by atoms with Crippen molar-refractivity contribution in [2.24, 2.45) is 5.92 Å². The van der Waals surface area contributed by atoms with Gasteiger partial charge in [-0.25, -0.2) is 13.9 Å². The van der Waals surface area contributed by atoms with Crippen molar-refractivity contribution in [1.29, 1.82) is 0 Å². The third kappa shape index (κ3) is 7.52. The van der Waals surface area contributed by atoms with E-state index in [2.05, 4.69) is 31.3 Å². The molecule has 1 aromatic carbocycles. The molecule has 4 N–H and O–H groups in total. The summed E-state index contributed by atoms with van der Waals surface area (Å²) in [7, 11) is 3.40. The minimum Gasteiger partial charge on any atom is -0.495 e. The monoisotopic (exact) mass is 552 g/mol. The molecule has 1 aliphatic carbocycles. The SMILES string of the molecule is COCCN1CCc2ccc(OC)c(Nc3ncc(Cl)c(N[C@@H]4CCCC[C@@H]4CNS(=O)O)n3)c2CC1. The summed E-state index contributed by atoms with van der Waals surface area (Å²) in [5, 5.41) is 7.33. The molecule has 37 heavy (non-hydrogen) atoms. The number of aromatic nitrogens is 2. The van der Waals surface area contributed by atoms with Crippen LogP contribution < -0.4 is 20.1 Å². The van der Waals surface area contributed by atoms with Crippen molar-refractivity contribution < 1.29 is 18.2 Å². The Kier molecular flexibility index (Phi) is 10.4. The fourth-order valence-corrected chi connectivity index (χ4v) is 5.74. The number of methoxy groups -OCH3 is 2. The van der Waals surface area contributed by atoms with Crippen LogP contribution >= 0.6 is 11.6 Å².